The number of nitrogens with zero attached hydrogens (tertiary/aromatic N) is 4. The average Bonchev–Trinajstić information content (AvgIpc) is 3.24. The molecule has 3 aromatic rings. The van der Waals surface area contributed by atoms with Crippen LogP contribution in [0.1, 0.15) is 29.0 Å². The van der Waals surface area contributed by atoms with E-state index in [1.165, 1.54) is 35.0 Å². The lowest BCUT2D eigenvalue weighted by atomic mass is 10.0. The van der Waals surface area contributed by atoms with Crippen LogP contribution in [0.2, 0.25) is 0 Å². The zero-order chi connectivity index (χ0) is 18.6. The minimum Gasteiger partial charge on any atom is -0.368 e. The van der Waals surface area contributed by atoms with Crippen LogP contribution in [0.3, 0.4) is 0 Å². The van der Waals surface area contributed by atoms with E-state index < -0.39 is 0 Å². The highest BCUT2D eigenvalue weighted by Gasteiger charge is 2.18. The Morgan fingerprint density at radius 1 is 1.22 bits per heavy atom. The summed E-state index contributed by atoms with van der Waals surface area (Å²) in [5, 5.41) is 12.2. The molecule has 2 heterocycles. The Hall–Kier alpha value is -2.39. The number of aryl methyl sites for hydroxylation is 2. The maximum absolute atomic E-state index is 12.5. The van der Waals surface area contributed by atoms with Crippen LogP contribution in [0, 0.1) is 0 Å². The lowest BCUT2D eigenvalue weighted by Crippen LogP contribution is -2.20. The summed E-state index contributed by atoms with van der Waals surface area (Å²) in [6.45, 7) is 0.0696. The normalized spacial score (nSPS) is 13.3. The first-order chi connectivity index (χ1) is 13.2. The van der Waals surface area contributed by atoms with Crippen LogP contribution in [0.25, 0.3) is 0 Å². The van der Waals surface area contributed by atoms with E-state index in [0.717, 1.165) is 24.3 Å². The van der Waals surface area contributed by atoms with Crippen LogP contribution in [0.15, 0.2) is 35.5 Å². The predicted molar refractivity (Wildman–Crippen MR) is 108 cm³/mol. The molecule has 0 saturated heterocycles. The molecule has 7 nitrogen and oxygen atoms in total. The van der Waals surface area contributed by atoms with Gasteiger partial charge in [-0.25, -0.2) is 4.98 Å². The van der Waals surface area contributed by atoms with Gasteiger partial charge in [-0.1, -0.05) is 42.1 Å². The molecule has 0 radical (unpaired) electrons. The van der Waals surface area contributed by atoms with E-state index in [1.54, 1.807) is 15.9 Å². The molecule has 0 atom stereocenters. The van der Waals surface area contributed by atoms with Gasteiger partial charge in [0.05, 0.1) is 5.69 Å². The number of hydrogen-bond acceptors (Lipinski definition) is 7. The number of nitrogens with two attached hydrogens (primary N) is 1. The number of anilines is 2. The number of carbonyl (C=O) groups excluding carboxylic acids is 1. The maximum Gasteiger partial charge on any atom is 0.246 e. The zero-order valence-electron chi connectivity index (χ0n) is 14.7. The summed E-state index contributed by atoms with van der Waals surface area (Å²) >= 11 is 3.08. The van der Waals surface area contributed by atoms with Gasteiger partial charge in [0.15, 0.2) is 10.3 Å². The lowest BCUT2D eigenvalue weighted by molar-refractivity contribution is -0.116. The fourth-order valence-corrected chi connectivity index (χ4v) is 4.95. The lowest BCUT2D eigenvalue weighted by Gasteiger charge is -2.07. The first-order valence-corrected chi connectivity index (χ1v) is 10.6. The van der Waals surface area contributed by atoms with E-state index in [2.05, 4.69) is 20.5 Å². The molecule has 0 aliphatic heterocycles. The first kappa shape index (κ1) is 18.0. The fraction of sp³-hybridized carbons (Fsp3) is 0.333. The molecule has 1 aliphatic carbocycles. The van der Waals surface area contributed by atoms with E-state index in [0.29, 0.717) is 10.3 Å². The van der Waals surface area contributed by atoms with Crippen molar-refractivity contribution < 1.29 is 4.79 Å². The third-order valence-corrected chi connectivity index (χ3v) is 6.46. The summed E-state index contributed by atoms with van der Waals surface area (Å²) in [4.78, 5) is 18.3. The largest absolute Gasteiger partial charge is 0.368 e. The molecule has 0 bridgehead atoms. The van der Waals surface area contributed by atoms with Gasteiger partial charge < -0.3 is 11.1 Å². The second-order valence-corrected chi connectivity index (χ2v) is 8.37. The Morgan fingerprint density at radius 2 is 2.04 bits per heavy atom. The molecule has 0 saturated carbocycles. The van der Waals surface area contributed by atoms with Crippen molar-refractivity contribution in [1.82, 2.24) is 19.7 Å². The summed E-state index contributed by atoms with van der Waals surface area (Å²) in [7, 11) is 0. The molecular formula is C18H20N6OS2. The second-order valence-electron chi connectivity index (χ2n) is 6.35. The molecule has 4 rings (SSSR count). The number of amides is 1. The first-order valence-electron chi connectivity index (χ1n) is 8.83. The summed E-state index contributed by atoms with van der Waals surface area (Å²) in [5.74, 6) is 0.799. The molecule has 2 aromatic heterocycles. The number of hydrogen-bond donors (Lipinski definition) is 2. The third kappa shape index (κ3) is 4.30. The standard InChI is InChI=1S/C18H20N6OS2/c19-16-22-23-18(26-11-12-6-2-1-3-7-12)24(16)10-15(25)21-17-20-13-8-4-5-9-14(13)27-17/h1-3,6-7H,4-5,8-11H2,(H2,19,22)(H,20,21,25). The van der Waals surface area contributed by atoms with Gasteiger partial charge in [-0.3, -0.25) is 9.36 Å². The van der Waals surface area contributed by atoms with E-state index in [9.17, 15) is 4.79 Å². The monoisotopic (exact) mass is 400 g/mol. The summed E-state index contributed by atoms with van der Waals surface area (Å²) in [6.07, 6.45) is 4.42. The summed E-state index contributed by atoms with van der Waals surface area (Å²) in [5.41, 5.74) is 8.22. The van der Waals surface area contributed by atoms with E-state index in [4.69, 9.17) is 5.73 Å². The quantitative estimate of drug-likeness (QED) is 0.617. The fourth-order valence-electron chi connectivity index (χ4n) is 2.99. The summed E-state index contributed by atoms with van der Waals surface area (Å²) in [6, 6.07) is 10.1. The molecule has 9 heteroatoms. The molecule has 1 amide bonds. The highest BCUT2D eigenvalue weighted by atomic mass is 32.2. The smallest absolute Gasteiger partial charge is 0.246 e. The Labute approximate surface area is 165 Å². The zero-order valence-corrected chi connectivity index (χ0v) is 16.4. The summed E-state index contributed by atoms with van der Waals surface area (Å²) < 4.78 is 1.64. The number of nitrogens with one attached hydrogen (secondary N) is 1. The number of nitrogen functional groups attached to an aromatic ring is 1. The van der Waals surface area contributed by atoms with Gasteiger partial charge in [0.25, 0.3) is 0 Å². The van der Waals surface area contributed by atoms with Crippen LogP contribution in [-0.4, -0.2) is 25.7 Å². The van der Waals surface area contributed by atoms with E-state index in [1.807, 2.05) is 30.3 Å². The van der Waals surface area contributed by atoms with Gasteiger partial charge in [-0.15, -0.1) is 21.5 Å². The number of thiazole rings is 1. The number of carbonyl (C=O) groups is 1. The van der Waals surface area contributed by atoms with Crippen molar-refractivity contribution in [2.75, 3.05) is 11.1 Å². The molecule has 0 unspecified atom stereocenters. The molecule has 0 spiro atoms. The van der Waals surface area contributed by atoms with Crippen molar-refractivity contribution in [1.29, 1.82) is 0 Å². The Bertz CT molecular complexity index is 913. The highest BCUT2D eigenvalue weighted by molar-refractivity contribution is 7.98. The highest BCUT2D eigenvalue weighted by Crippen LogP contribution is 2.29. The SMILES string of the molecule is Nc1nnc(SCc2ccccc2)n1CC(=O)Nc1nc2c(s1)CCCC2. The molecular weight excluding hydrogens is 380 g/mol. The molecule has 3 N–H and O–H groups in total. The predicted octanol–water partition coefficient (Wildman–Crippen LogP) is 3.13. The van der Waals surface area contributed by atoms with Gasteiger partial charge in [0.1, 0.15) is 6.54 Å². The minimum absolute atomic E-state index is 0.0696. The third-order valence-electron chi connectivity index (χ3n) is 4.35. The number of rotatable bonds is 6. The van der Waals surface area contributed by atoms with Crippen molar-refractivity contribution in [3.05, 3.63) is 46.5 Å². The number of thioether (sulfide) groups is 1. The minimum atomic E-state index is -0.172. The van der Waals surface area contributed by atoms with Crippen molar-refractivity contribution in [3.8, 4) is 0 Å². The van der Waals surface area contributed by atoms with E-state index in [-0.39, 0.29) is 18.4 Å². The van der Waals surface area contributed by atoms with Gasteiger partial charge >= 0.3 is 0 Å². The van der Waals surface area contributed by atoms with Crippen LogP contribution in [0.5, 0.6) is 0 Å². The van der Waals surface area contributed by atoms with Crippen molar-refractivity contribution >= 4 is 40.1 Å². The topological polar surface area (TPSA) is 98.7 Å². The average molecular weight is 401 g/mol. The molecule has 1 aliphatic rings. The van der Waals surface area contributed by atoms with Gasteiger partial charge in [0, 0.05) is 10.6 Å². The van der Waals surface area contributed by atoms with Crippen LogP contribution in [-0.2, 0) is 29.9 Å². The van der Waals surface area contributed by atoms with Crippen molar-refractivity contribution in [3.63, 3.8) is 0 Å². The Balaban J connectivity index is 1.40. The van der Waals surface area contributed by atoms with E-state index >= 15 is 0 Å². The van der Waals surface area contributed by atoms with Crippen molar-refractivity contribution in [2.45, 2.75) is 43.1 Å². The van der Waals surface area contributed by atoms with Gasteiger partial charge in [0.2, 0.25) is 11.9 Å². The molecule has 27 heavy (non-hydrogen) atoms. The Kier molecular flexibility index (Phi) is 5.40. The molecule has 140 valence electrons. The maximum atomic E-state index is 12.5. The van der Waals surface area contributed by atoms with Crippen LogP contribution < -0.4 is 11.1 Å². The van der Waals surface area contributed by atoms with Crippen LogP contribution >= 0.6 is 23.1 Å². The number of aromatic nitrogens is 4. The van der Waals surface area contributed by atoms with Gasteiger partial charge in [-0.2, -0.15) is 0 Å². The number of benzene rings is 1. The number of fused-ring (bicyclic) bond motifs is 1. The van der Waals surface area contributed by atoms with Gasteiger partial charge in [-0.05, 0) is 31.2 Å². The molecule has 0 fully saturated rings. The Morgan fingerprint density at radius 3 is 2.85 bits per heavy atom. The molecule has 1 aromatic carbocycles. The van der Waals surface area contributed by atoms with Crippen LogP contribution in [0.4, 0.5) is 11.1 Å². The second kappa shape index (κ2) is 8.10. The van der Waals surface area contributed by atoms with Crippen molar-refractivity contribution in [2.24, 2.45) is 0 Å².